The summed E-state index contributed by atoms with van der Waals surface area (Å²) in [6.45, 7) is 2.41. The minimum Gasteiger partial charge on any atom is -0.507 e. The van der Waals surface area contributed by atoms with E-state index in [-0.39, 0.29) is 11.3 Å². The first-order valence-electron chi connectivity index (χ1n) is 9.10. The lowest BCUT2D eigenvalue weighted by Crippen LogP contribution is -2.29. The number of carbonyl (C=O) groups excluding carboxylic acids is 2. The van der Waals surface area contributed by atoms with Crippen molar-refractivity contribution in [1.82, 2.24) is 4.98 Å². The zero-order chi connectivity index (χ0) is 20.4. The van der Waals surface area contributed by atoms with Crippen molar-refractivity contribution in [1.29, 1.82) is 0 Å². The zero-order valence-electron chi connectivity index (χ0n) is 15.6. The monoisotopic (exact) mass is 406 g/mol. The molecule has 0 bridgehead atoms. The molecule has 1 amide bonds. The van der Waals surface area contributed by atoms with Crippen molar-refractivity contribution in [3.05, 3.63) is 82.9 Å². The summed E-state index contributed by atoms with van der Waals surface area (Å²) in [6.07, 6.45) is 1.58. The molecule has 1 atom stereocenters. The molecule has 1 saturated heterocycles. The van der Waals surface area contributed by atoms with E-state index in [1.165, 1.54) is 16.2 Å². The number of aliphatic hydroxyl groups is 1. The van der Waals surface area contributed by atoms with Gasteiger partial charge in [-0.2, -0.15) is 0 Å². The zero-order valence-corrected chi connectivity index (χ0v) is 16.4. The summed E-state index contributed by atoms with van der Waals surface area (Å²) in [5.74, 6) is -1.01. The van der Waals surface area contributed by atoms with Crippen LogP contribution in [-0.2, 0) is 9.59 Å². The molecule has 3 aromatic rings. The summed E-state index contributed by atoms with van der Waals surface area (Å²) in [5, 5.41) is 13.1. The van der Waals surface area contributed by atoms with E-state index in [1.807, 2.05) is 37.3 Å². The van der Waals surface area contributed by atoms with Crippen molar-refractivity contribution in [2.45, 2.75) is 13.0 Å². The molecule has 0 saturated carbocycles. The number of benzene rings is 2. The Bertz CT molecular complexity index is 1060. The first-order valence-corrected chi connectivity index (χ1v) is 9.98. The van der Waals surface area contributed by atoms with E-state index in [0.29, 0.717) is 23.1 Å². The van der Waals surface area contributed by atoms with Gasteiger partial charge >= 0.3 is 5.91 Å². The van der Waals surface area contributed by atoms with Gasteiger partial charge in [-0.05, 0) is 36.8 Å². The van der Waals surface area contributed by atoms with E-state index in [1.54, 1.807) is 35.8 Å². The molecule has 0 spiro atoms. The minimum atomic E-state index is -0.756. The Labute approximate surface area is 171 Å². The maximum absolute atomic E-state index is 12.9. The average Bonchev–Trinajstić information content (AvgIpc) is 3.36. The summed E-state index contributed by atoms with van der Waals surface area (Å²) in [7, 11) is 0. The van der Waals surface area contributed by atoms with Gasteiger partial charge in [-0.3, -0.25) is 14.5 Å². The third kappa shape index (κ3) is 3.40. The molecular formula is C22H18N2O4S. The van der Waals surface area contributed by atoms with E-state index in [9.17, 15) is 14.7 Å². The first kappa shape index (κ1) is 18.9. The van der Waals surface area contributed by atoms with Crippen molar-refractivity contribution < 1.29 is 19.4 Å². The molecule has 2 aromatic carbocycles. The number of amides is 1. The Hall–Kier alpha value is -3.45. The molecular weight excluding hydrogens is 388 g/mol. The molecule has 6 nitrogen and oxygen atoms in total. The van der Waals surface area contributed by atoms with Gasteiger partial charge in [0.1, 0.15) is 11.5 Å². The second kappa shape index (κ2) is 7.89. The smallest absolute Gasteiger partial charge is 0.301 e. The number of carbonyl (C=O) groups is 2. The van der Waals surface area contributed by atoms with Gasteiger partial charge in [-0.1, -0.05) is 30.3 Å². The van der Waals surface area contributed by atoms with Crippen molar-refractivity contribution >= 4 is 33.9 Å². The van der Waals surface area contributed by atoms with Gasteiger partial charge in [0.05, 0.1) is 18.2 Å². The second-order valence-electron chi connectivity index (χ2n) is 6.35. The highest BCUT2D eigenvalue weighted by atomic mass is 32.1. The number of rotatable bonds is 5. The molecule has 1 aromatic heterocycles. The number of aromatic nitrogens is 1. The summed E-state index contributed by atoms with van der Waals surface area (Å²) in [6, 6.07) is 15.2. The lowest BCUT2D eigenvalue weighted by Gasteiger charge is -2.22. The number of hydrogen-bond acceptors (Lipinski definition) is 6. The van der Waals surface area contributed by atoms with E-state index in [0.717, 1.165) is 5.56 Å². The maximum Gasteiger partial charge on any atom is 0.301 e. The quantitative estimate of drug-likeness (QED) is 0.391. The van der Waals surface area contributed by atoms with E-state index >= 15 is 0 Å². The Morgan fingerprint density at radius 2 is 1.86 bits per heavy atom. The summed E-state index contributed by atoms with van der Waals surface area (Å²) < 4.78 is 5.43. The van der Waals surface area contributed by atoms with Crippen LogP contribution in [0.2, 0.25) is 0 Å². The van der Waals surface area contributed by atoms with Crippen LogP contribution in [0.1, 0.15) is 24.1 Å². The highest BCUT2D eigenvalue weighted by Crippen LogP contribution is 2.42. The Kier molecular flexibility index (Phi) is 5.14. The van der Waals surface area contributed by atoms with Crippen LogP contribution in [0.5, 0.6) is 5.75 Å². The number of Topliss-reactive ketones (excluding diaryl/α,β-unsaturated/α-hetero) is 1. The van der Waals surface area contributed by atoms with Crippen LogP contribution in [-0.4, -0.2) is 28.4 Å². The number of thiazole rings is 1. The predicted octanol–water partition coefficient (Wildman–Crippen LogP) is 4.17. The molecule has 29 heavy (non-hydrogen) atoms. The van der Waals surface area contributed by atoms with Crippen molar-refractivity contribution in [2.24, 2.45) is 0 Å². The highest BCUT2D eigenvalue weighted by molar-refractivity contribution is 7.14. The first-order chi connectivity index (χ1) is 14.1. The lowest BCUT2D eigenvalue weighted by atomic mass is 9.95. The van der Waals surface area contributed by atoms with Gasteiger partial charge in [-0.25, -0.2) is 4.98 Å². The van der Waals surface area contributed by atoms with Gasteiger partial charge < -0.3 is 9.84 Å². The van der Waals surface area contributed by atoms with E-state index in [4.69, 9.17) is 4.74 Å². The van der Waals surface area contributed by atoms with Gasteiger partial charge in [-0.15, -0.1) is 11.3 Å². The van der Waals surface area contributed by atoms with Crippen LogP contribution in [0, 0.1) is 0 Å². The number of ketones is 1. The molecule has 1 N–H and O–H groups in total. The van der Waals surface area contributed by atoms with Gasteiger partial charge in [0, 0.05) is 17.1 Å². The van der Waals surface area contributed by atoms with Crippen LogP contribution < -0.4 is 9.64 Å². The molecule has 7 heteroatoms. The average molecular weight is 406 g/mol. The largest absolute Gasteiger partial charge is 0.507 e. The standard InChI is InChI=1S/C22H18N2O4S/c1-2-28-16-10-8-15(9-11-16)19(25)17-18(14-6-4-3-5-7-14)24(21(27)20(17)26)22-23-12-13-29-22/h3-13,18,25H,2H2,1H3/b19-17-. The van der Waals surface area contributed by atoms with E-state index in [2.05, 4.69) is 4.98 Å². The second-order valence-corrected chi connectivity index (χ2v) is 7.22. The molecule has 146 valence electrons. The predicted molar refractivity (Wildman–Crippen MR) is 111 cm³/mol. The van der Waals surface area contributed by atoms with Crippen LogP contribution in [0.25, 0.3) is 5.76 Å². The normalized spacial score (nSPS) is 18.2. The number of anilines is 1. The molecule has 1 fully saturated rings. The van der Waals surface area contributed by atoms with Crippen LogP contribution in [0.15, 0.2) is 71.7 Å². The third-order valence-corrected chi connectivity index (χ3v) is 5.39. The lowest BCUT2D eigenvalue weighted by molar-refractivity contribution is -0.132. The van der Waals surface area contributed by atoms with E-state index < -0.39 is 17.7 Å². The molecule has 2 heterocycles. The SMILES string of the molecule is CCOc1ccc(/C(O)=C2/C(=O)C(=O)N(c3nccs3)C2c2ccccc2)cc1. The third-order valence-electron chi connectivity index (χ3n) is 4.62. The minimum absolute atomic E-state index is 0.0422. The summed E-state index contributed by atoms with van der Waals surface area (Å²) in [4.78, 5) is 31.3. The summed E-state index contributed by atoms with van der Waals surface area (Å²) in [5.41, 5.74) is 1.20. The molecule has 1 aliphatic heterocycles. The number of hydrogen-bond donors (Lipinski definition) is 1. The summed E-state index contributed by atoms with van der Waals surface area (Å²) >= 11 is 1.26. The molecule has 4 rings (SSSR count). The Morgan fingerprint density at radius 3 is 2.48 bits per heavy atom. The maximum atomic E-state index is 12.9. The fourth-order valence-corrected chi connectivity index (χ4v) is 4.01. The van der Waals surface area contributed by atoms with Crippen molar-refractivity contribution in [3.8, 4) is 5.75 Å². The fraction of sp³-hybridized carbons (Fsp3) is 0.136. The van der Waals surface area contributed by atoms with Gasteiger partial charge in [0.25, 0.3) is 5.78 Å². The van der Waals surface area contributed by atoms with Crippen molar-refractivity contribution in [2.75, 3.05) is 11.5 Å². The van der Waals surface area contributed by atoms with Gasteiger partial charge in [0.15, 0.2) is 5.13 Å². The molecule has 0 radical (unpaired) electrons. The topological polar surface area (TPSA) is 79.7 Å². The molecule has 0 aliphatic carbocycles. The Morgan fingerprint density at radius 1 is 1.14 bits per heavy atom. The Balaban J connectivity index is 1.86. The fourth-order valence-electron chi connectivity index (χ4n) is 3.35. The van der Waals surface area contributed by atoms with Crippen LogP contribution >= 0.6 is 11.3 Å². The van der Waals surface area contributed by atoms with Crippen LogP contribution in [0.4, 0.5) is 5.13 Å². The number of ether oxygens (including phenoxy) is 1. The highest BCUT2D eigenvalue weighted by Gasteiger charge is 2.47. The van der Waals surface area contributed by atoms with Crippen molar-refractivity contribution in [3.63, 3.8) is 0 Å². The molecule has 1 unspecified atom stereocenters. The molecule has 1 aliphatic rings. The number of nitrogens with zero attached hydrogens (tertiary/aromatic N) is 2. The van der Waals surface area contributed by atoms with Gasteiger partial charge in [0.2, 0.25) is 0 Å². The van der Waals surface area contributed by atoms with Crippen LogP contribution in [0.3, 0.4) is 0 Å². The number of aliphatic hydroxyl groups excluding tert-OH is 1.